The molecule has 0 radical (unpaired) electrons. The van der Waals surface area contributed by atoms with Gasteiger partial charge in [0.1, 0.15) is 17.4 Å². The molecule has 2 nitrogen and oxygen atoms in total. The Balaban J connectivity index is 1.46. The molecule has 5 aromatic rings. The number of methoxy groups -OCH3 is 1. The molecule has 0 heterocycles. The Bertz CT molecular complexity index is 1730. The molecule has 1 aliphatic rings. The predicted molar refractivity (Wildman–Crippen MR) is 159 cm³/mol. The number of fused-ring (bicyclic) bond motifs is 1. The van der Waals surface area contributed by atoms with Crippen LogP contribution in [-0.2, 0) is 6.42 Å². The molecule has 41 heavy (non-hydrogen) atoms. The van der Waals surface area contributed by atoms with Gasteiger partial charge in [0.25, 0.3) is 0 Å². The third-order valence-electron chi connectivity index (χ3n) is 7.38. The monoisotopic (exact) mass is 540 g/mol. The summed E-state index contributed by atoms with van der Waals surface area (Å²) in [5.41, 5.74) is 9.01. The number of rotatable bonds is 7. The standard InChI is InChI=1S/C37H26F2O2/c1-41-33-18-11-27(12-19-33)37(40)28-13-20-34-29(21-28)22-30(36(34)26-5-3-2-4-6-26)23-35(24-7-14-31(38)15-8-24)25-9-16-32(39)17-10-25/h2-21,23H,22H2,1H3. The minimum absolute atomic E-state index is 0.0565. The molecular formula is C37H26F2O2. The van der Waals surface area contributed by atoms with Gasteiger partial charge in [-0.2, -0.15) is 0 Å². The van der Waals surface area contributed by atoms with Gasteiger partial charge in [0.2, 0.25) is 0 Å². The lowest BCUT2D eigenvalue weighted by atomic mass is 9.92. The average molecular weight is 541 g/mol. The maximum atomic E-state index is 13.8. The van der Waals surface area contributed by atoms with Crippen molar-refractivity contribution in [2.75, 3.05) is 7.11 Å². The first-order valence-electron chi connectivity index (χ1n) is 13.3. The molecule has 0 atom stereocenters. The molecule has 5 aromatic carbocycles. The molecule has 1 aliphatic carbocycles. The van der Waals surface area contributed by atoms with Gasteiger partial charge in [-0.1, -0.05) is 66.7 Å². The second-order valence-corrected chi connectivity index (χ2v) is 9.94. The van der Waals surface area contributed by atoms with Gasteiger partial charge in [-0.15, -0.1) is 0 Å². The second kappa shape index (κ2) is 11.2. The van der Waals surface area contributed by atoms with Crippen LogP contribution in [0.1, 0.15) is 43.7 Å². The Labute approximate surface area is 237 Å². The van der Waals surface area contributed by atoms with Crippen molar-refractivity contribution in [1.29, 1.82) is 0 Å². The van der Waals surface area contributed by atoms with Crippen LogP contribution in [0.15, 0.2) is 133 Å². The third kappa shape index (κ3) is 5.37. The molecular weight excluding hydrogens is 514 g/mol. The van der Waals surface area contributed by atoms with E-state index in [1.807, 2.05) is 36.4 Å². The first-order valence-corrected chi connectivity index (χ1v) is 13.3. The van der Waals surface area contributed by atoms with E-state index in [4.69, 9.17) is 4.74 Å². The van der Waals surface area contributed by atoms with E-state index in [1.165, 1.54) is 24.3 Å². The van der Waals surface area contributed by atoms with Crippen molar-refractivity contribution in [3.8, 4) is 5.75 Å². The number of benzene rings is 5. The van der Waals surface area contributed by atoms with Crippen molar-refractivity contribution in [1.82, 2.24) is 0 Å². The maximum absolute atomic E-state index is 13.8. The normalized spacial score (nSPS) is 12.2. The smallest absolute Gasteiger partial charge is 0.193 e. The van der Waals surface area contributed by atoms with Gasteiger partial charge < -0.3 is 4.74 Å². The van der Waals surface area contributed by atoms with Gasteiger partial charge in [-0.25, -0.2) is 8.78 Å². The lowest BCUT2D eigenvalue weighted by Gasteiger charge is -2.12. The van der Waals surface area contributed by atoms with Crippen LogP contribution in [0.4, 0.5) is 8.78 Å². The summed E-state index contributed by atoms with van der Waals surface area (Å²) in [5, 5.41) is 0. The number of carbonyl (C=O) groups excluding carboxylic acids is 1. The summed E-state index contributed by atoms with van der Waals surface area (Å²) in [6, 6.07) is 35.8. The Morgan fingerprint density at radius 1 is 0.683 bits per heavy atom. The Hall–Kier alpha value is -5.09. The number of hydrogen-bond acceptors (Lipinski definition) is 2. The van der Waals surface area contributed by atoms with E-state index < -0.39 is 0 Å². The van der Waals surface area contributed by atoms with Crippen LogP contribution in [0.5, 0.6) is 5.75 Å². The van der Waals surface area contributed by atoms with E-state index in [0.717, 1.165) is 44.5 Å². The molecule has 0 bridgehead atoms. The van der Waals surface area contributed by atoms with E-state index >= 15 is 0 Å². The fraction of sp³-hybridized carbons (Fsp3) is 0.0541. The van der Waals surface area contributed by atoms with Crippen molar-refractivity contribution < 1.29 is 18.3 Å². The summed E-state index contributed by atoms with van der Waals surface area (Å²) in [7, 11) is 1.60. The lowest BCUT2D eigenvalue weighted by molar-refractivity contribution is 0.103. The summed E-state index contributed by atoms with van der Waals surface area (Å²) >= 11 is 0. The van der Waals surface area contributed by atoms with Crippen LogP contribution in [0.25, 0.3) is 11.1 Å². The zero-order chi connectivity index (χ0) is 28.3. The van der Waals surface area contributed by atoms with Gasteiger partial charge in [0, 0.05) is 11.1 Å². The minimum atomic E-state index is -0.321. The number of halogens is 2. The van der Waals surface area contributed by atoms with Crippen molar-refractivity contribution >= 4 is 16.9 Å². The molecule has 200 valence electrons. The summed E-state index contributed by atoms with van der Waals surface area (Å²) < 4.78 is 32.9. The second-order valence-electron chi connectivity index (χ2n) is 9.94. The molecule has 0 unspecified atom stereocenters. The average Bonchev–Trinajstić information content (AvgIpc) is 3.38. The van der Waals surface area contributed by atoms with Crippen LogP contribution < -0.4 is 4.74 Å². The van der Waals surface area contributed by atoms with E-state index in [9.17, 15) is 13.6 Å². The molecule has 4 heteroatoms. The minimum Gasteiger partial charge on any atom is -0.497 e. The van der Waals surface area contributed by atoms with Gasteiger partial charge in [-0.05, 0) is 112 Å². The molecule has 0 saturated carbocycles. The van der Waals surface area contributed by atoms with Crippen molar-refractivity contribution in [2.45, 2.75) is 6.42 Å². The van der Waals surface area contributed by atoms with Gasteiger partial charge in [-0.3, -0.25) is 4.79 Å². The Morgan fingerprint density at radius 3 is 1.83 bits per heavy atom. The SMILES string of the molecule is COc1ccc(C(=O)c2ccc3c(c2)CC(C=C(c2ccc(F)cc2)c2ccc(F)cc2)=C3c2ccccc2)cc1. The van der Waals surface area contributed by atoms with Gasteiger partial charge >= 0.3 is 0 Å². The summed E-state index contributed by atoms with van der Waals surface area (Å²) in [6.07, 6.45) is 2.71. The highest BCUT2D eigenvalue weighted by molar-refractivity contribution is 6.09. The Morgan fingerprint density at radius 2 is 1.24 bits per heavy atom. The fourth-order valence-electron chi connectivity index (χ4n) is 5.34. The highest BCUT2D eigenvalue weighted by Gasteiger charge is 2.24. The van der Waals surface area contributed by atoms with E-state index in [-0.39, 0.29) is 17.4 Å². The number of allylic oxidation sites excluding steroid dienone is 2. The summed E-state index contributed by atoms with van der Waals surface area (Å²) in [4.78, 5) is 13.4. The largest absolute Gasteiger partial charge is 0.497 e. The maximum Gasteiger partial charge on any atom is 0.193 e. The molecule has 0 amide bonds. The van der Waals surface area contributed by atoms with Crippen LogP contribution in [0.3, 0.4) is 0 Å². The molecule has 0 N–H and O–H groups in total. The zero-order valence-electron chi connectivity index (χ0n) is 22.4. The number of ketones is 1. The number of ether oxygens (including phenoxy) is 1. The van der Waals surface area contributed by atoms with Crippen LogP contribution >= 0.6 is 0 Å². The van der Waals surface area contributed by atoms with Crippen molar-refractivity contribution in [3.63, 3.8) is 0 Å². The van der Waals surface area contributed by atoms with Gasteiger partial charge in [0.05, 0.1) is 7.11 Å². The molecule has 0 spiro atoms. The van der Waals surface area contributed by atoms with Crippen molar-refractivity contribution in [2.24, 2.45) is 0 Å². The van der Waals surface area contributed by atoms with E-state index in [0.29, 0.717) is 23.3 Å². The molecule has 0 saturated heterocycles. The Kier molecular flexibility index (Phi) is 7.13. The first kappa shape index (κ1) is 26.1. The number of hydrogen-bond donors (Lipinski definition) is 0. The molecule has 6 rings (SSSR count). The molecule has 0 fully saturated rings. The number of carbonyl (C=O) groups is 1. The topological polar surface area (TPSA) is 26.3 Å². The fourth-order valence-corrected chi connectivity index (χ4v) is 5.34. The first-order chi connectivity index (χ1) is 20.0. The molecule has 0 aromatic heterocycles. The summed E-state index contributed by atoms with van der Waals surface area (Å²) in [6.45, 7) is 0. The highest BCUT2D eigenvalue weighted by atomic mass is 19.1. The van der Waals surface area contributed by atoms with Crippen LogP contribution in [0, 0.1) is 11.6 Å². The molecule has 0 aliphatic heterocycles. The van der Waals surface area contributed by atoms with E-state index in [1.54, 1.807) is 55.6 Å². The third-order valence-corrected chi connectivity index (χ3v) is 7.38. The summed E-state index contributed by atoms with van der Waals surface area (Å²) in [5.74, 6) is -0.00165. The zero-order valence-corrected chi connectivity index (χ0v) is 22.4. The van der Waals surface area contributed by atoms with Crippen LogP contribution in [-0.4, -0.2) is 12.9 Å². The quantitative estimate of drug-likeness (QED) is 0.193. The van der Waals surface area contributed by atoms with E-state index in [2.05, 4.69) is 18.2 Å². The van der Waals surface area contributed by atoms with Crippen molar-refractivity contribution in [3.05, 3.63) is 184 Å². The van der Waals surface area contributed by atoms with Gasteiger partial charge in [0.15, 0.2) is 5.78 Å². The highest BCUT2D eigenvalue weighted by Crippen LogP contribution is 2.40. The lowest BCUT2D eigenvalue weighted by Crippen LogP contribution is -2.02. The predicted octanol–water partition coefficient (Wildman–Crippen LogP) is 8.69. The van der Waals surface area contributed by atoms with Crippen LogP contribution in [0.2, 0.25) is 0 Å².